The molecule has 6 heterocycles. The van der Waals surface area contributed by atoms with Gasteiger partial charge in [0.05, 0.1) is 48.8 Å². The number of urea groups is 1. The number of unbranched alkanes of at least 4 members (excludes halogenated alkanes) is 2. The molecule has 0 aliphatic carbocycles. The number of hydrogen-bond acceptors (Lipinski definition) is 15. The molecule has 3 aromatic heterocycles. The lowest BCUT2D eigenvalue weighted by Gasteiger charge is -2.37. The van der Waals surface area contributed by atoms with Crippen LogP contribution in [0.1, 0.15) is 116 Å². The summed E-state index contributed by atoms with van der Waals surface area (Å²) in [6.45, 7) is 7.33. The highest BCUT2D eigenvalue weighted by Gasteiger charge is 2.35. The largest absolute Gasteiger partial charge is 0.468 e. The number of carbonyl (C=O) groups is 8. The summed E-state index contributed by atoms with van der Waals surface area (Å²) in [5.41, 5.74) is 9.78. The Bertz CT molecular complexity index is 3450. The molecule has 1 atom stereocenters. The highest BCUT2D eigenvalue weighted by Crippen LogP contribution is 2.38. The van der Waals surface area contributed by atoms with Crippen molar-refractivity contribution in [2.24, 2.45) is 5.73 Å². The van der Waals surface area contributed by atoms with Crippen LogP contribution in [0, 0.1) is 5.82 Å². The Kier molecular flexibility index (Phi) is 19.1. The van der Waals surface area contributed by atoms with Crippen LogP contribution in [0.3, 0.4) is 0 Å². The van der Waals surface area contributed by atoms with Gasteiger partial charge < -0.3 is 51.3 Å². The van der Waals surface area contributed by atoms with Gasteiger partial charge in [0.15, 0.2) is 11.5 Å². The number of carbonyl (C=O) groups excluding carboxylic acids is 8. The van der Waals surface area contributed by atoms with E-state index in [9.17, 15) is 38.4 Å². The van der Waals surface area contributed by atoms with E-state index in [0.717, 1.165) is 49.9 Å². The van der Waals surface area contributed by atoms with Gasteiger partial charge in [-0.2, -0.15) is 10.2 Å². The number of rotatable bonds is 23. The number of likely N-dealkylation sites (tertiary alicyclic amines) is 1. The average molecular weight is 1150 g/mol. The fourth-order valence-corrected chi connectivity index (χ4v) is 11.2. The van der Waals surface area contributed by atoms with Crippen LogP contribution < -0.4 is 31.9 Å². The first kappa shape index (κ1) is 59.6. The molecule has 3 fully saturated rings. The Labute approximate surface area is 485 Å². The highest BCUT2D eigenvalue weighted by molar-refractivity contribution is 6.01. The Hall–Kier alpha value is -9.03. The number of benzene rings is 3. The van der Waals surface area contributed by atoms with Crippen molar-refractivity contribution in [1.82, 2.24) is 60.2 Å². The molecule has 0 radical (unpaired) electrons. The Balaban J connectivity index is 0.698. The van der Waals surface area contributed by atoms with E-state index in [4.69, 9.17) is 15.8 Å². The number of nitrogens with one attached hydrogen (secondary N) is 4. The van der Waals surface area contributed by atoms with Crippen LogP contribution in [0.15, 0.2) is 67.0 Å². The molecule has 9 rings (SSSR count). The third-order valence-electron chi connectivity index (χ3n) is 15.8. The summed E-state index contributed by atoms with van der Waals surface area (Å²) in [5.74, 6) is -2.64. The number of ether oxygens (including phenoxy) is 1. The van der Waals surface area contributed by atoms with Crippen LogP contribution in [0.4, 0.5) is 26.5 Å². The highest BCUT2D eigenvalue weighted by atomic mass is 19.1. The minimum Gasteiger partial charge on any atom is -0.468 e. The number of anilines is 3. The topological polar surface area (TPSA) is 294 Å². The van der Waals surface area contributed by atoms with Gasteiger partial charge in [-0.25, -0.2) is 23.8 Å². The number of aromatic nitrogens is 6. The molecule has 0 saturated carbocycles. The summed E-state index contributed by atoms with van der Waals surface area (Å²) in [6, 6.07) is 16.1. The second-order valence-corrected chi connectivity index (χ2v) is 21.9. The molecule has 84 heavy (non-hydrogen) atoms. The van der Waals surface area contributed by atoms with Gasteiger partial charge >= 0.3 is 12.0 Å². The molecular weight excluding hydrogens is 1080 g/mol. The molecule has 0 unspecified atom stereocenters. The molecule has 24 nitrogen and oxygen atoms in total. The van der Waals surface area contributed by atoms with E-state index in [0.29, 0.717) is 97.4 Å². The quantitative estimate of drug-likeness (QED) is 0.0407. The number of likely N-dealkylation sites (N-methyl/N-ethyl adjacent to an activating group) is 1. The van der Waals surface area contributed by atoms with Crippen molar-refractivity contribution in [2.45, 2.75) is 102 Å². The number of hydrogen-bond donors (Lipinski definition) is 5. The Morgan fingerprint density at radius 2 is 1.57 bits per heavy atom. The third-order valence-corrected chi connectivity index (χ3v) is 15.8. The molecule has 3 saturated heterocycles. The van der Waals surface area contributed by atoms with Crippen molar-refractivity contribution < 1.29 is 47.5 Å². The first-order valence-corrected chi connectivity index (χ1v) is 28.6. The van der Waals surface area contributed by atoms with Gasteiger partial charge in [-0.15, -0.1) is 0 Å². The molecule has 3 aliphatic rings. The standard InChI is InChI=1S/C59H72FN15O9/c1-36(2)55-54-42(11-8-12-45(54)74(69-55)35-50(78)63-32-49(77)64-33-53(81)84-4)43-29-46-39(28-44(43)60)30-66-75(46)52(80)19-18-48(76)62-22-7-5-6-13-51(79)71-24-20-38(21-25-71)37-14-16-40(17-15-37)67-58-56(57(61)82)65-31-47(68-58)72-23-9-10-41(34-72)73-27-26-70(3)59(73)83/h8,11-12,14-17,28-31,36,38,41H,5-7,9-10,13,18-27,32-35H2,1-4H3,(H2,61,82)(H,62,76)(H,63,78)(H,64,77)(H,67,68)/t41-/m1/s1. The molecule has 3 aliphatic heterocycles. The van der Waals surface area contributed by atoms with Crippen molar-refractivity contribution in [3.63, 3.8) is 0 Å². The van der Waals surface area contributed by atoms with Gasteiger partial charge in [-0.1, -0.05) is 44.5 Å². The van der Waals surface area contributed by atoms with E-state index in [1.807, 2.05) is 55.0 Å². The van der Waals surface area contributed by atoms with E-state index < -0.39 is 35.4 Å². The Morgan fingerprint density at radius 3 is 2.30 bits per heavy atom. The van der Waals surface area contributed by atoms with Crippen LogP contribution in [0.5, 0.6) is 0 Å². The predicted octanol–water partition coefficient (Wildman–Crippen LogP) is 5.19. The number of methoxy groups -OCH3 is 1. The summed E-state index contributed by atoms with van der Waals surface area (Å²) in [6.07, 6.45) is 8.64. The monoisotopic (exact) mass is 1150 g/mol. The fourth-order valence-electron chi connectivity index (χ4n) is 11.2. The number of nitrogens with two attached hydrogens (primary N) is 1. The van der Waals surface area contributed by atoms with Gasteiger partial charge in [-0.05, 0) is 91.8 Å². The van der Waals surface area contributed by atoms with Crippen LogP contribution in [-0.2, 0) is 35.3 Å². The molecule has 25 heteroatoms. The number of fused-ring (bicyclic) bond motifs is 2. The molecule has 7 amide bonds. The summed E-state index contributed by atoms with van der Waals surface area (Å²) < 4.78 is 23.2. The van der Waals surface area contributed by atoms with E-state index in [2.05, 4.69) is 41.0 Å². The number of esters is 1. The lowest BCUT2D eigenvalue weighted by atomic mass is 9.89. The smallest absolute Gasteiger partial charge is 0.325 e. The number of piperidine rings is 2. The van der Waals surface area contributed by atoms with Crippen LogP contribution >= 0.6 is 0 Å². The van der Waals surface area contributed by atoms with Gasteiger partial charge in [0, 0.05) is 94.1 Å². The van der Waals surface area contributed by atoms with Crippen molar-refractivity contribution in [3.05, 3.63) is 89.8 Å². The Morgan fingerprint density at radius 1 is 0.798 bits per heavy atom. The van der Waals surface area contributed by atoms with E-state index in [1.165, 1.54) is 28.7 Å². The van der Waals surface area contributed by atoms with Gasteiger partial charge in [0.1, 0.15) is 24.7 Å². The molecule has 444 valence electrons. The number of nitrogens with zero attached hydrogens (tertiary/aromatic N) is 10. The molecule has 6 N–H and O–H groups in total. The SMILES string of the molecule is COC(=O)CNC(=O)CNC(=O)Cn1nc(C(C)C)c2c(-c3cc4c(cnn4C(=O)CCC(=O)NCCCCCC(=O)N4CCC(c5ccc(Nc6nc(N7CCC[C@@H](N8CCN(C)C8=O)C7)cnc6C(N)=O)cc5)CC4)cc3F)cccc21. The first-order valence-electron chi connectivity index (χ1n) is 28.6. The number of amides is 7. The second-order valence-electron chi connectivity index (χ2n) is 21.9. The van der Waals surface area contributed by atoms with E-state index in [1.54, 1.807) is 35.4 Å². The van der Waals surface area contributed by atoms with Crippen LogP contribution in [0.25, 0.3) is 32.9 Å². The van der Waals surface area contributed by atoms with Gasteiger partial charge in [0.2, 0.25) is 29.5 Å². The molecule has 6 aromatic rings. The number of halogens is 1. The van der Waals surface area contributed by atoms with E-state index >= 15 is 4.39 Å². The van der Waals surface area contributed by atoms with Gasteiger partial charge in [-0.3, -0.25) is 38.2 Å². The minimum atomic E-state index is -0.697. The minimum absolute atomic E-state index is 0.0325. The zero-order valence-corrected chi connectivity index (χ0v) is 47.8. The maximum atomic E-state index is 16.0. The van der Waals surface area contributed by atoms with Crippen LogP contribution in [0.2, 0.25) is 0 Å². The van der Waals surface area contributed by atoms with Crippen LogP contribution in [-0.4, -0.2) is 171 Å². The van der Waals surface area contributed by atoms with Gasteiger partial charge in [0.25, 0.3) is 5.91 Å². The normalized spacial score (nSPS) is 15.7. The lowest BCUT2D eigenvalue weighted by Crippen LogP contribution is -2.49. The third kappa shape index (κ3) is 14.1. The maximum absolute atomic E-state index is 16.0. The van der Waals surface area contributed by atoms with Crippen molar-refractivity contribution in [1.29, 1.82) is 0 Å². The molecule has 3 aromatic carbocycles. The predicted molar refractivity (Wildman–Crippen MR) is 311 cm³/mol. The zero-order chi connectivity index (χ0) is 59.6. The van der Waals surface area contributed by atoms with Crippen molar-refractivity contribution in [2.75, 3.05) is 83.3 Å². The average Bonchev–Trinajstić information content (AvgIpc) is 1.89. The summed E-state index contributed by atoms with van der Waals surface area (Å²) in [5, 5.41) is 21.0. The number of primary amides is 1. The lowest BCUT2D eigenvalue weighted by molar-refractivity contribution is -0.141. The molecule has 0 spiro atoms. The van der Waals surface area contributed by atoms with E-state index in [-0.39, 0.29) is 85.3 Å². The van der Waals surface area contributed by atoms with Crippen molar-refractivity contribution in [3.8, 4) is 11.1 Å². The fraction of sp³-hybridized carbons (Fsp3) is 0.458. The maximum Gasteiger partial charge on any atom is 0.325 e. The first-order chi connectivity index (χ1) is 40.5. The second kappa shape index (κ2) is 26.9. The summed E-state index contributed by atoms with van der Waals surface area (Å²) >= 11 is 0. The summed E-state index contributed by atoms with van der Waals surface area (Å²) in [7, 11) is 3.01. The van der Waals surface area contributed by atoms with Crippen molar-refractivity contribution >= 4 is 86.6 Å². The molecule has 0 bridgehead atoms. The molecular formula is C59H72FN15O9. The summed E-state index contributed by atoms with van der Waals surface area (Å²) in [4.78, 5) is 118. The zero-order valence-electron chi connectivity index (χ0n) is 47.8.